The highest BCUT2D eigenvalue weighted by molar-refractivity contribution is 6.07. The van der Waals surface area contributed by atoms with Crippen molar-refractivity contribution in [1.29, 1.82) is 0 Å². The average Bonchev–Trinajstić information content (AvgIpc) is 2.52. The minimum absolute atomic E-state index is 0.243. The molecule has 1 rings (SSSR count). The van der Waals surface area contributed by atoms with E-state index in [0.717, 1.165) is 0 Å². The van der Waals surface area contributed by atoms with Gasteiger partial charge in [0.2, 0.25) is 0 Å². The number of ketones is 1. The molecule has 0 radical (unpaired) electrons. The molecule has 0 aliphatic heterocycles. The maximum absolute atomic E-state index is 12.2. The van der Waals surface area contributed by atoms with Crippen molar-refractivity contribution in [2.24, 2.45) is 0 Å². The number of allylic oxidation sites excluding steroid dienone is 3. The van der Waals surface area contributed by atoms with E-state index in [0.29, 0.717) is 29.2 Å². The molecule has 1 aromatic carbocycles. The predicted octanol–water partition coefficient (Wildman–Crippen LogP) is 2.95. The third-order valence-corrected chi connectivity index (χ3v) is 2.80. The zero-order valence-electron chi connectivity index (χ0n) is 13.2. The van der Waals surface area contributed by atoms with Gasteiger partial charge in [0.1, 0.15) is 11.5 Å². The summed E-state index contributed by atoms with van der Waals surface area (Å²) >= 11 is 0. The molecule has 0 heterocycles. The number of esters is 1. The number of carbonyl (C=O) groups excluding carboxylic acids is 2. The Morgan fingerprint density at radius 3 is 2.45 bits per heavy atom. The van der Waals surface area contributed by atoms with Crippen molar-refractivity contribution in [1.82, 2.24) is 0 Å². The smallest absolute Gasteiger partial charge is 0.330 e. The molecule has 0 saturated heterocycles. The van der Waals surface area contributed by atoms with E-state index < -0.39 is 5.97 Å². The zero-order valence-corrected chi connectivity index (χ0v) is 13.2. The standard InChI is InChI=1S/C17H20O5/c1-5-22-17(19)10-12(2)6-8-15(18)14-11-13(20-3)7-9-16(14)21-4/h6-11H,5H2,1-4H3/b8-6+,12-10+. The molecule has 5 heteroatoms. The van der Waals surface area contributed by atoms with E-state index >= 15 is 0 Å². The number of ether oxygens (including phenoxy) is 3. The first-order valence-corrected chi connectivity index (χ1v) is 6.81. The number of benzene rings is 1. The molecule has 0 unspecified atom stereocenters. The number of rotatable bonds is 7. The highest BCUT2D eigenvalue weighted by Gasteiger charge is 2.11. The summed E-state index contributed by atoms with van der Waals surface area (Å²) in [5, 5.41) is 0. The molecular weight excluding hydrogens is 284 g/mol. The van der Waals surface area contributed by atoms with Gasteiger partial charge in [-0.25, -0.2) is 4.79 Å². The van der Waals surface area contributed by atoms with Crippen molar-refractivity contribution in [3.8, 4) is 11.5 Å². The summed E-state index contributed by atoms with van der Waals surface area (Å²) in [5.41, 5.74) is 1.01. The lowest BCUT2D eigenvalue weighted by molar-refractivity contribution is -0.137. The normalized spacial score (nSPS) is 11.4. The van der Waals surface area contributed by atoms with E-state index in [2.05, 4.69) is 0 Å². The number of methoxy groups -OCH3 is 2. The number of hydrogen-bond acceptors (Lipinski definition) is 5. The highest BCUT2D eigenvalue weighted by atomic mass is 16.5. The third-order valence-electron chi connectivity index (χ3n) is 2.80. The molecule has 0 saturated carbocycles. The van der Waals surface area contributed by atoms with Crippen LogP contribution in [0.3, 0.4) is 0 Å². The lowest BCUT2D eigenvalue weighted by atomic mass is 10.1. The molecular formula is C17H20O5. The van der Waals surface area contributed by atoms with Crippen LogP contribution in [0, 0.1) is 0 Å². The fourth-order valence-electron chi connectivity index (χ4n) is 1.72. The molecule has 0 aliphatic rings. The van der Waals surface area contributed by atoms with Gasteiger partial charge in [0.05, 0.1) is 26.4 Å². The zero-order chi connectivity index (χ0) is 16.5. The molecule has 0 fully saturated rings. The molecule has 5 nitrogen and oxygen atoms in total. The van der Waals surface area contributed by atoms with Crippen molar-refractivity contribution in [2.45, 2.75) is 13.8 Å². The molecule has 118 valence electrons. The second-order valence-electron chi connectivity index (χ2n) is 4.40. The maximum atomic E-state index is 12.2. The largest absolute Gasteiger partial charge is 0.497 e. The van der Waals surface area contributed by atoms with E-state index in [1.165, 1.54) is 26.4 Å². The summed E-state index contributed by atoms with van der Waals surface area (Å²) in [6.45, 7) is 3.76. The highest BCUT2D eigenvalue weighted by Crippen LogP contribution is 2.24. The average molecular weight is 304 g/mol. The molecule has 1 aromatic rings. The minimum Gasteiger partial charge on any atom is -0.497 e. The second-order valence-corrected chi connectivity index (χ2v) is 4.40. The molecule has 0 aliphatic carbocycles. The second kappa shape index (κ2) is 8.67. The Balaban J connectivity index is 2.92. The van der Waals surface area contributed by atoms with Gasteiger partial charge in [-0.1, -0.05) is 6.08 Å². The van der Waals surface area contributed by atoms with E-state index in [4.69, 9.17) is 14.2 Å². The molecule has 0 bridgehead atoms. The first kappa shape index (κ1) is 17.5. The lowest BCUT2D eigenvalue weighted by Gasteiger charge is -2.07. The Morgan fingerprint density at radius 2 is 1.86 bits per heavy atom. The first-order chi connectivity index (χ1) is 10.5. The summed E-state index contributed by atoms with van der Waals surface area (Å²) in [4.78, 5) is 23.5. The van der Waals surface area contributed by atoms with Gasteiger partial charge in [0, 0.05) is 6.08 Å². The van der Waals surface area contributed by atoms with Crippen LogP contribution in [-0.2, 0) is 9.53 Å². The first-order valence-electron chi connectivity index (χ1n) is 6.81. The van der Waals surface area contributed by atoms with E-state index in [9.17, 15) is 9.59 Å². The van der Waals surface area contributed by atoms with E-state index in [1.807, 2.05) is 0 Å². The molecule has 0 amide bonds. The summed E-state index contributed by atoms with van der Waals surface area (Å²) < 4.78 is 15.1. The van der Waals surface area contributed by atoms with Gasteiger partial charge in [-0.3, -0.25) is 4.79 Å². The van der Waals surface area contributed by atoms with E-state index in [-0.39, 0.29) is 5.78 Å². The van der Waals surface area contributed by atoms with Crippen LogP contribution in [0.15, 0.2) is 42.0 Å². The maximum Gasteiger partial charge on any atom is 0.330 e. The Labute approximate surface area is 130 Å². The molecule has 0 atom stereocenters. The molecule has 0 aromatic heterocycles. The Morgan fingerprint density at radius 1 is 1.14 bits per heavy atom. The fourth-order valence-corrected chi connectivity index (χ4v) is 1.72. The number of hydrogen-bond donors (Lipinski definition) is 0. The van der Waals surface area contributed by atoms with Crippen LogP contribution in [0.25, 0.3) is 0 Å². The van der Waals surface area contributed by atoms with E-state index in [1.54, 1.807) is 38.1 Å². The van der Waals surface area contributed by atoms with Crippen LogP contribution in [0.5, 0.6) is 11.5 Å². The van der Waals surface area contributed by atoms with Crippen molar-refractivity contribution >= 4 is 11.8 Å². The Bertz CT molecular complexity index is 599. The van der Waals surface area contributed by atoms with Crippen LogP contribution < -0.4 is 9.47 Å². The fraction of sp³-hybridized carbons (Fsp3) is 0.294. The molecule has 0 spiro atoms. The Hall–Kier alpha value is -2.56. The monoisotopic (exact) mass is 304 g/mol. The quantitative estimate of drug-likeness (QED) is 0.335. The van der Waals surface area contributed by atoms with Crippen LogP contribution in [0.1, 0.15) is 24.2 Å². The van der Waals surface area contributed by atoms with Crippen LogP contribution >= 0.6 is 0 Å². The van der Waals surface area contributed by atoms with Gasteiger partial charge in [-0.2, -0.15) is 0 Å². The van der Waals surface area contributed by atoms with Gasteiger partial charge in [0.25, 0.3) is 0 Å². The van der Waals surface area contributed by atoms with Gasteiger partial charge in [0.15, 0.2) is 5.78 Å². The van der Waals surface area contributed by atoms with Crippen molar-refractivity contribution in [2.75, 3.05) is 20.8 Å². The molecule has 0 N–H and O–H groups in total. The molecule has 22 heavy (non-hydrogen) atoms. The summed E-state index contributed by atoms with van der Waals surface area (Å²) in [6.07, 6.45) is 4.26. The van der Waals surface area contributed by atoms with Crippen LogP contribution in [-0.4, -0.2) is 32.6 Å². The summed E-state index contributed by atoms with van der Waals surface area (Å²) in [7, 11) is 3.02. The third kappa shape index (κ3) is 5.09. The van der Waals surface area contributed by atoms with Crippen molar-refractivity contribution in [3.05, 3.63) is 47.6 Å². The van der Waals surface area contributed by atoms with Gasteiger partial charge >= 0.3 is 5.97 Å². The van der Waals surface area contributed by atoms with Gasteiger partial charge in [-0.15, -0.1) is 0 Å². The van der Waals surface area contributed by atoms with Gasteiger partial charge < -0.3 is 14.2 Å². The predicted molar refractivity (Wildman–Crippen MR) is 83.4 cm³/mol. The van der Waals surface area contributed by atoms with Gasteiger partial charge in [-0.05, 0) is 43.7 Å². The number of carbonyl (C=O) groups is 2. The Kier molecular flexibility index (Phi) is 6.89. The topological polar surface area (TPSA) is 61.8 Å². The SMILES string of the molecule is CCOC(=O)/C=C(C)/C=C/C(=O)c1cc(OC)ccc1OC. The minimum atomic E-state index is -0.434. The van der Waals surface area contributed by atoms with Crippen molar-refractivity contribution in [3.63, 3.8) is 0 Å². The lowest BCUT2D eigenvalue weighted by Crippen LogP contribution is -2.01. The van der Waals surface area contributed by atoms with Crippen LogP contribution in [0.4, 0.5) is 0 Å². The van der Waals surface area contributed by atoms with Crippen LogP contribution in [0.2, 0.25) is 0 Å². The summed E-state index contributed by atoms with van der Waals surface area (Å²) in [5.74, 6) is 0.349. The van der Waals surface area contributed by atoms with Crippen molar-refractivity contribution < 1.29 is 23.8 Å². The summed E-state index contributed by atoms with van der Waals surface area (Å²) in [6, 6.07) is 4.99.